The van der Waals surface area contributed by atoms with Gasteiger partial charge in [0.05, 0.1) is 6.54 Å². The van der Waals surface area contributed by atoms with Gasteiger partial charge in [-0.25, -0.2) is 4.98 Å². The van der Waals surface area contributed by atoms with Crippen LogP contribution < -0.4 is 0 Å². The molecule has 0 atom stereocenters. The molecule has 1 aliphatic rings. The van der Waals surface area contributed by atoms with Gasteiger partial charge in [-0.1, -0.05) is 12.1 Å². The van der Waals surface area contributed by atoms with Crippen LogP contribution in [-0.4, -0.2) is 24.5 Å². The van der Waals surface area contributed by atoms with Crippen molar-refractivity contribution in [3.8, 4) is 0 Å². The molecule has 0 N–H and O–H groups in total. The fourth-order valence-electron chi connectivity index (χ4n) is 1.07. The first-order chi connectivity index (χ1) is 6.97. The molecule has 0 radical (unpaired) electrons. The Morgan fingerprint density at radius 1 is 1.21 bits per heavy atom. The lowest BCUT2D eigenvalue weighted by Gasteiger charge is -1.79. The normalized spacial score (nSPS) is 13.4. The van der Waals surface area contributed by atoms with Gasteiger partial charge in [0.15, 0.2) is 18.4 Å². The summed E-state index contributed by atoms with van der Waals surface area (Å²) in [5, 5.41) is 0. The second-order valence-corrected chi connectivity index (χ2v) is 2.70. The SMILES string of the molecule is C1=NCCO1.c1ccc2ocnc2c1. The van der Waals surface area contributed by atoms with Gasteiger partial charge in [-0.3, -0.25) is 4.99 Å². The van der Waals surface area contributed by atoms with Gasteiger partial charge in [0, 0.05) is 0 Å². The van der Waals surface area contributed by atoms with E-state index in [-0.39, 0.29) is 0 Å². The number of oxazole rings is 1. The number of rotatable bonds is 0. The van der Waals surface area contributed by atoms with Gasteiger partial charge in [0.1, 0.15) is 12.1 Å². The first-order valence-corrected chi connectivity index (χ1v) is 4.35. The topological polar surface area (TPSA) is 47.6 Å². The van der Waals surface area contributed by atoms with Gasteiger partial charge in [-0.15, -0.1) is 0 Å². The highest BCUT2D eigenvalue weighted by Gasteiger charge is 1.91. The van der Waals surface area contributed by atoms with Gasteiger partial charge in [0.2, 0.25) is 0 Å². The van der Waals surface area contributed by atoms with Crippen molar-refractivity contribution in [3.05, 3.63) is 30.7 Å². The van der Waals surface area contributed by atoms with Crippen LogP contribution >= 0.6 is 0 Å². The van der Waals surface area contributed by atoms with Crippen molar-refractivity contribution < 1.29 is 9.15 Å². The van der Waals surface area contributed by atoms with E-state index in [1.165, 1.54) is 12.8 Å². The van der Waals surface area contributed by atoms with Crippen molar-refractivity contribution in [1.29, 1.82) is 0 Å². The zero-order valence-corrected chi connectivity index (χ0v) is 7.59. The van der Waals surface area contributed by atoms with Crippen LogP contribution in [0.5, 0.6) is 0 Å². The fraction of sp³-hybridized carbons (Fsp3) is 0.200. The van der Waals surface area contributed by atoms with E-state index in [4.69, 9.17) is 4.42 Å². The maximum atomic E-state index is 5.01. The number of aliphatic imine (C=N–C) groups is 1. The highest BCUT2D eigenvalue weighted by atomic mass is 16.5. The highest BCUT2D eigenvalue weighted by molar-refractivity contribution is 5.71. The summed E-state index contributed by atoms with van der Waals surface area (Å²) < 4.78 is 9.66. The summed E-state index contributed by atoms with van der Waals surface area (Å²) in [5.41, 5.74) is 1.76. The second kappa shape index (κ2) is 4.41. The van der Waals surface area contributed by atoms with Crippen LogP contribution in [0.15, 0.2) is 40.1 Å². The third-order valence-electron chi connectivity index (χ3n) is 1.72. The molecule has 0 saturated carbocycles. The average molecular weight is 190 g/mol. The van der Waals surface area contributed by atoms with Gasteiger partial charge in [-0.2, -0.15) is 0 Å². The molecule has 0 fully saturated rings. The van der Waals surface area contributed by atoms with Gasteiger partial charge in [-0.05, 0) is 12.1 Å². The molecular weight excluding hydrogens is 180 g/mol. The summed E-state index contributed by atoms with van der Waals surface area (Å²) in [5.74, 6) is 0. The summed E-state index contributed by atoms with van der Waals surface area (Å²) in [7, 11) is 0. The second-order valence-electron chi connectivity index (χ2n) is 2.70. The molecule has 0 bridgehead atoms. The fourth-order valence-corrected chi connectivity index (χ4v) is 1.07. The minimum atomic E-state index is 0.778. The van der Waals surface area contributed by atoms with Gasteiger partial charge < -0.3 is 9.15 Å². The zero-order valence-electron chi connectivity index (χ0n) is 7.59. The smallest absolute Gasteiger partial charge is 0.181 e. The largest absolute Gasteiger partial charge is 0.482 e. The van der Waals surface area contributed by atoms with Crippen LogP contribution in [0.3, 0.4) is 0 Å². The lowest BCUT2D eigenvalue weighted by Crippen LogP contribution is -1.80. The Balaban J connectivity index is 0.000000128. The van der Waals surface area contributed by atoms with E-state index in [1.54, 1.807) is 0 Å². The number of hydrogen-bond acceptors (Lipinski definition) is 4. The molecule has 0 saturated heterocycles. The molecular formula is C10H10N2O2. The molecule has 0 amide bonds. The van der Waals surface area contributed by atoms with Gasteiger partial charge in [0.25, 0.3) is 0 Å². The molecule has 2 heterocycles. The Morgan fingerprint density at radius 2 is 2.14 bits per heavy atom. The first-order valence-electron chi connectivity index (χ1n) is 4.35. The quantitative estimate of drug-likeness (QED) is 0.637. The van der Waals surface area contributed by atoms with Crippen molar-refractivity contribution in [3.63, 3.8) is 0 Å². The van der Waals surface area contributed by atoms with Crippen LogP contribution in [0, 0.1) is 0 Å². The molecule has 0 spiro atoms. The number of para-hydroxylation sites is 2. The van der Waals surface area contributed by atoms with Crippen molar-refractivity contribution >= 4 is 17.5 Å². The molecule has 14 heavy (non-hydrogen) atoms. The van der Waals surface area contributed by atoms with Crippen LogP contribution in [-0.2, 0) is 4.74 Å². The number of hydrogen-bond donors (Lipinski definition) is 0. The van der Waals surface area contributed by atoms with Crippen molar-refractivity contribution in [2.75, 3.05) is 13.2 Å². The predicted molar refractivity (Wildman–Crippen MR) is 53.3 cm³/mol. The highest BCUT2D eigenvalue weighted by Crippen LogP contribution is 2.09. The molecule has 0 aliphatic carbocycles. The Kier molecular flexibility index (Phi) is 2.76. The Bertz CT molecular complexity index is 386. The monoisotopic (exact) mass is 190 g/mol. The summed E-state index contributed by atoms with van der Waals surface area (Å²) in [6, 6.07) is 7.67. The minimum absolute atomic E-state index is 0.778. The minimum Gasteiger partial charge on any atom is -0.482 e. The van der Waals surface area contributed by atoms with E-state index in [1.807, 2.05) is 24.3 Å². The average Bonchev–Trinajstić information content (AvgIpc) is 2.92. The summed E-state index contributed by atoms with van der Waals surface area (Å²) in [6.07, 6.45) is 2.94. The van der Waals surface area contributed by atoms with E-state index < -0.39 is 0 Å². The molecule has 1 aromatic carbocycles. The summed E-state index contributed by atoms with van der Waals surface area (Å²) in [6.45, 7) is 1.62. The molecule has 3 rings (SSSR count). The molecule has 1 aliphatic heterocycles. The van der Waals surface area contributed by atoms with Gasteiger partial charge >= 0.3 is 0 Å². The van der Waals surface area contributed by atoms with Crippen LogP contribution in [0.2, 0.25) is 0 Å². The Labute approximate surface area is 81.2 Å². The maximum absolute atomic E-state index is 5.01. The van der Waals surface area contributed by atoms with Crippen LogP contribution in [0.25, 0.3) is 11.1 Å². The molecule has 72 valence electrons. The third kappa shape index (κ3) is 2.10. The maximum Gasteiger partial charge on any atom is 0.181 e. The van der Waals surface area contributed by atoms with Crippen molar-refractivity contribution in [1.82, 2.24) is 4.98 Å². The first kappa shape index (κ1) is 8.74. The lowest BCUT2D eigenvalue weighted by atomic mass is 10.3. The number of benzene rings is 1. The number of fused-ring (bicyclic) bond motifs is 1. The Morgan fingerprint density at radius 3 is 2.79 bits per heavy atom. The van der Waals surface area contributed by atoms with E-state index in [0.29, 0.717) is 0 Å². The Hall–Kier alpha value is -1.84. The van der Waals surface area contributed by atoms with E-state index >= 15 is 0 Å². The standard InChI is InChI=1S/C7H5NO.C3H5NO/c1-2-4-7-6(3-1)8-5-9-7;1-2-5-3-4-1/h1-5H;3H,1-2H2. The van der Waals surface area contributed by atoms with E-state index in [0.717, 1.165) is 24.3 Å². The van der Waals surface area contributed by atoms with E-state index in [9.17, 15) is 0 Å². The third-order valence-corrected chi connectivity index (χ3v) is 1.72. The number of aromatic nitrogens is 1. The molecule has 2 aromatic rings. The molecule has 0 unspecified atom stereocenters. The number of nitrogens with zero attached hydrogens (tertiary/aromatic N) is 2. The zero-order chi connectivity index (χ0) is 9.64. The van der Waals surface area contributed by atoms with Crippen LogP contribution in [0.1, 0.15) is 0 Å². The van der Waals surface area contributed by atoms with Crippen LogP contribution in [0.4, 0.5) is 0 Å². The van der Waals surface area contributed by atoms with E-state index in [2.05, 4.69) is 14.7 Å². The molecule has 1 aromatic heterocycles. The lowest BCUT2D eigenvalue weighted by molar-refractivity contribution is 0.361. The summed E-state index contributed by atoms with van der Waals surface area (Å²) in [4.78, 5) is 7.69. The molecule has 4 nitrogen and oxygen atoms in total. The predicted octanol–water partition coefficient (Wildman–Crippen LogP) is 1.87. The summed E-state index contributed by atoms with van der Waals surface area (Å²) >= 11 is 0. The van der Waals surface area contributed by atoms with Crippen molar-refractivity contribution in [2.24, 2.45) is 4.99 Å². The number of ether oxygens (including phenoxy) is 1. The van der Waals surface area contributed by atoms with Crippen molar-refractivity contribution in [2.45, 2.75) is 0 Å². The molecule has 4 heteroatoms.